The van der Waals surface area contributed by atoms with Crippen LogP contribution in [0.2, 0.25) is 5.02 Å². The summed E-state index contributed by atoms with van der Waals surface area (Å²) < 4.78 is 18.8. The number of carbonyl (C=O) groups is 1. The summed E-state index contributed by atoms with van der Waals surface area (Å²) in [4.78, 5) is 21.8. The number of rotatable bonds is 6. The molecule has 0 aliphatic heterocycles. The van der Waals surface area contributed by atoms with Crippen LogP contribution in [0.25, 0.3) is 11.5 Å². The molecule has 1 amide bonds. The minimum absolute atomic E-state index is 0.0760. The summed E-state index contributed by atoms with van der Waals surface area (Å²) in [6.07, 6.45) is 0. The van der Waals surface area contributed by atoms with E-state index in [0.29, 0.717) is 10.6 Å². The highest BCUT2D eigenvalue weighted by atomic mass is 35.5. The Morgan fingerprint density at radius 1 is 1.26 bits per heavy atom. The summed E-state index contributed by atoms with van der Waals surface area (Å²) in [6, 6.07) is 9.90. The zero-order chi connectivity index (χ0) is 19.4. The fourth-order valence-corrected chi connectivity index (χ4v) is 2.72. The number of nitrogens with zero attached hydrogens (tertiary/aromatic N) is 3. The fraction of sp³-hybridized carbons (Fsp3) is 0.0625. The summed E-state index contributed by atoms with van der Waals surface area (Å²) in [5, 5.41) is 21.6. The molecule has 27 heavy (non-hydrogen) atoms. The molecule has 138 valence electrons. The molecule has 2 aromatic carbocycles. The van der Waals surface area contributed by atoms with Gasteiger partial charge in [0.25, 0.3) is 5.22 Å². The van der Waals surface area contributed by atoms with E-state index >= 15 is 0 Å². The van der Waals surface area contributed by atoms with Crippen LogP contribution in [0.15, 0.2) is 52.1 Å². The Hall–Kier alpha value is -2.98. The highest BCUT2D eigenvalue weighted by Gasteiger charge is 2.16. The molecule has 1 N–H and O–H groups in total. The van der Waals surface area contributed by atoms with Crippen molar-refractivity contribution in [1.82, 2.24) is 10.2 Å². The molecule has 0 atom stereocenters. The molecule has 3 rings (SSSR count). The van der Waals surface area contributed by atoms with Crippen molar-refractivity contribution in [1.29, 1.82) is 0 Å². The van der Waals surface area contributed by atoms with Gasteiger partial charge in [-0.2, -0.15) is 4.39 Å². The number of nitrogens with one attached hydrogen (secondary N) is 1. The second-order valence-electron chi connectivity index (χ2n) is 5.14. The Kier molecular flexibility index (Phi) is 5.67. The van der Waals surface area contributed by atoms with Crippen LogP contribution in [-0.4, -0.2) is 26.8 Å². The van der Waals surface area contributed by atoms with Gasteiger partial charge in [-0.3, -0.25) is 14.9 Å². The largest absolute Gasteiger partial charge is 0.411 e. The maximum absolute atomic E-state index is 13.3. The zero-order valence-corrected chi connectivity index (χ0v) is 15.0. The average molecular weight is 409 g/mol. The van der Waals surface area contributed by atoms with Gasteiger partial charge < -0.3 is 9.73 Å². The number of hydrogen-bond acceptors (Lipinski definition) is 7. The molecule has 0 saturated carbocycles. The number of hydrogen-bond donors (Lipinski definition) is 1. The van der Waals surface area contributed by atoms with E-state index < -0.39 is 22.3 Å². The maximum atomic E-state index is 13.3. The first-order valence-corrected chi connectivity index (χ1v) is 8.75. The smallest absolute Gasteiger partial charge is 0.306 e. The van der Waals surface area contributed by atoms with Crippen LogP contribution >= 0.6 is 23.4 Å². The third-order valence-electron chi connectivity index (χ3n) is 3.25. The van der Waals surface area contributed by atoms with Gasteiger partial charge in [-0.1, -0.05) is 23.4 Å². The molecule has 1 aromatic heterocycles. The lowest BCUT2D eigenvalue weighted by Crippen LogP contribution is -2.14. The molecule has 0 bridgehead atoms. The van der Waals surface area contributed by atoms with Crippen molar-refractivity contribution in [3.63, 3.8) is 0 Å². The van der Waals surface area contributed by atoms with Crippen molar-refractivity contribution in [2.75, 3.05) is 11.1 Å². The minimum atomic E-state index is -0.979. The number of nitro benzene ring substituents is 1. The first kappa shape index (κ1) is 18.8. The Balaban J connectivity index is 1.59. The Morgan fingerprint density at radius 2 is 2.00 bits per heavy atom. The predicted octanol–water partition coefficient (Wildman–Crippen LogP) is 4.17. The van der Waals surface area contributed by atoms with Gasteiger partial charge in [0.15, 0.2) is 0 Å². The maximum Gasteiger partial charge on any atom is 0.306 e. The minimum Gasteiger partial charge on any atom is -0.411 e. The topological polar surface area (TPSA) is 111 Å². The highest BCUT2D eigenvalue weighted by molar-refractivity contribution is 7.99. The number of aromatic nitrogens is 2. The molecule has 1 heterocycles. The second kappa shape index (κ2) is 8.14. The number of anilines is 1. The number of carbonyl (C=O) groups excluding carboxylic acids is 1. The van der Waals surface area contributed by atoms with E-state index in [1.807, 2.05) is 0 Å². The number of benzene rings is 2. The quantitative estimate of drug-likeness (QED) is 0.370. The normalized spacial score (nSPS) is 10.6. The van der Waals surface area contributed by atoms with Crippen LogP contribution in [0.5, 0.6) is 0 Å². The van der Waals surface area contributed by atoms with Gasteiger partial charge in [0.05, 0.1) is 10.7 Å². The molecule has 0 spiro atoms. The second-order valence-corrected chi connectivity index (χ2v) is 6.50. The van der Waals surface area contributed by atoms with Crippen molar-refractivity contribution in [3.8, 4) is 11.5 Å². The van der Waals surface area contributed by atoms with E-state index in [2.05, 4.69) is 15.5 Å². The molecule has 0 fully saturated rings. The van der Waals surface area contributed by atoms with Gasteiger partial charge >= 0.3 is 5.69 Å². The van der Waals surface area contributed by atoms with E-state index in [1.165, 1.54) is 6.07 Å². The summed E-state index contributed by atoms with van der Waals surface area (Å²) in [6.45, 7) is 0. The summed E-state index contributed by atoms with van der Waals surface area (Å²) in [5.41, 5.74) is 0.0767. The lowest BCUT2D eigenvalue weighted by Gasteiger charge is -2.04. The van der Waals surface area contributed by atoms with Gasteiger partial charge in [0.1, 0.15) is 0 Å². The third-order valence-corrected chi connectivity index (χ3v) is 4.32. The molecular formula is C16H10ClFN4O4S. The van der Waals surface area contributed by atoms with Crippen LogP contribution in [0.1, 0.15) is 0 Å². The van der Waals surface area contributed by atoms with Crippen LogP contribution in [0, 0.1) is 15.9 Å². The highest BCUT2D eigenvalue weighted by Crippen LogP contribution is 2.25. The molecule has 0 aliphatic rings. The van der Waals surface area contributed by atoms with Gasteiger partial charge in [-0.25, -0.2) is 0 Å². The van der Waals surface area contributed by atoms with Gasteiger partial charge in [-0.15, -0.1) is 10.2 Å². The van der Waals surface area contributed by atoms with Crippen molar-refractivity contribution in [2.45, 2.75) is 5.22 Å². The van der Waals surface area contributed by atoms with Crippen LogP contribution in [-0.2, 0) is 4.79 Å². The molecule has 0 radical (unpaired) electrons. The predicted molar refractivity (Wildman–Crippen MR) is 97.2 cm³/mol. The van der Waals surface area contributed by atoms with Gasteiger partial charge in [0.2, 0.25) is 17.6 Å². The molecule has 3 aromatic rings. The van der Waals surface area contributed by atoms with Crippen LogP contribution < -0.4 is 5.32 Å². The standard InChI is InChI=1S/C16H10ClFN4O4S/c17-10-3-1-9(2-4-10)15-20-21-16(26-15)27-8-14(23)19-11-5-6-12(18)13(7-11)22(24)25/h1-7H,8H2,(H,19,23). The van der Waals surface area contributed by atoms with E-state index in [1.54, 1.807) is 24.3 Å². The lowest BCUT2D eigenvalue weighted by atomic mass is 10.2. The summed E-state index contributed by atoms with van der Waals surface area (Å²) in [7, 11) is 0. The molecule has 0 aliphatic carbocycles. The number of amides is 1. The van der Waals surface area contributed by atoms with Crippen molar-refractivity contribution in [2.24, 2.45) is 0 Å². The van der Waals surface area contributed by atoms with Crippen molar-refractivity contribution >= 4 is 40.6 Å². The Bertz CT molecular complexity index is 996. The lowest BCUT2D eigenvalue weighted by molar-refractivity contribution is -0.387. The van der Waals surface area contributed by atoms with E-state index in [4.69, 9.17) is 16.0 Å². The van der Waals surface area contributed by atoms with Crippen molar-refractivity contribution < 1.29 is 18.5 Å². The van der Waals surface area contributed by atoms with E-state index in [0.717, 1.165) is 23.9 Å². The first-order valence-electron chi connectivity index (χ1n) is 7.38. The molecule has 0 unspecified atom stereocenters. The van der Waals surface area contributed by atoms with Crippen LogP contribution in [0.4, 0.5) is 15.8 Å². The number of nitro groups is 1. The number of halogens is 2. The average Bonchev–Trinajstić information content (AvgIpc) is 3.11. The molecule has 0 saturated heterocycles. The zero-order valence-electron chi connectivity index (χ0n) is 13.4. The SMILES string of the molecule is O=C(CSc1nnc(-c2ccc(Cl)cc2)o1)Nc1ccc(F)c([N+](=O)[O-])c1. The fourth-order valence-electron chi connectivity index (χ4n) is 2.03. The third kappa shape index (κ3) is 4.80. The molecular weight excluding hydrogens is 399 g/mol. The van der Waals surface area contributed by atoms with Crippen LogP contribution in [0.3, 0.4) is 0 Å². The molecule has 11 heteroatoms. The molecule has 8 nitrogen and oxygen atoms in total. The summed E-state index contributed by atoms with van der Waals surface area (Å²) in [5.74, 6) is -1.24. The number of thioether (sulfide) groups is 1. The van der Waals surface area contributed by atoms with E-state index in [9.17, 15) is 19.3 Å². The van der Waals surface area contributed by atoms with Crippen molar-refractivity contribution in [3.05, 3.63) is 63.4 Å². The van der Waals surface area contributed by atoms with Gasteiger partial charge in [0, 0.05) is 22.3 Å². The monoisotopic (exact) mass is 408 g/mol. The summed E-state index contributed by atoms with van der Waals surface area (Å²) >= 11 is 6.81. The van der Waals surface area contributed by atoms with Gasteiger partial charge in [-0.05, 0) is 36.4 Å². The van der Waals surface area contributed by atoms with E-state index in [-0.39, 0.29) is 22.6 Å². The Labute approximate surface area is 160 Å². The first-order chi connectivity index (χ1) is 12.9. The Morgan fingerprint density at radius 3 is 2.70 bits per heavy atom.